The van der Waals surface area contributed by atoms with E-state index in [1.807, 2.05) is 49.4 Å². The minimum absolute atomic E-state index is 0.0226. The average Bonchev–Trinajstić information content (AvgIpc) is 2.69. The molecule has 1 heterocycles. The molecule has 0 aromatic heterocycles. The number of benzene rings is 2. The summed E-state index contributed by atoms with van der Waals surface area (Å²) in [5.74, 6) is 0.860. The molecule has 4 heteroatoms. The molecule has 2 aromatic rings. The van der Waals surface area contributed by atoms with E-state index in [0.717, 1.165) is 30.0 Å². The molecule has 0 aliphatic carbocycles. The van der Waals surface area contributed by atoms with Crippen LogP contribution in [-0.4, -0.2) is 37.6 Å². The molecule has 1 amide bonds. The number of hydrogen-bond donors (Lipinski definition) is 1. The Morgan fingerprint density at radius 2 is 1.88 bits per heavy atom. The van der Waals surface area contributed by atoms with Crippen molar-refractivity contribution >= 4 is 5.91 Å². The minimum atomic E-state index is -0.0226. The third-order valence-corrected chi connectivity index (χ3v) is 5.07. The Balaban J connectivity index is 1.78. The van der Waals surface area contributed by atoms with Gasteiger partial charge < -0.3 is 10.1 Å². The summed E-state index contributed by atoms with van der Waals surface area (Å²) in [5.41, 5.74) is 2.94. The maximum absolute atomic E-state index is 12.6. The van der Waals surface area contributed by atoms with Gasteiger partial charge in [-0.05, 0) is 51.1 Å². The number of nitrogens with one attached hydrogen (secondary N) is 1. The highest BCUT2D eigenvalue weighted by atomic mass is 16.5. The molecule has 2 aromatic carbocycles. The van der Waals surface area contributed by atoms with Crippen LogP contribution in [0.2, 0.25) is 0 Å². The molecule has 0 bridgehead atoms. The molecular formula is C22H28N2O2. The van der Waals surface area contributed by atoms with Crippen molar-refractivity contribution in [3.8, 4) is 5.75 Å². The summed E-state index contributed by atoms with van der Waals surface area (Å²) in [4.78, 5) is 15.1. The van der Waals surface area contributed by atoms with E-state index in [1.54, 1.807) is 7.11 Å². The summed E-state index contributed by atoms with van der Waals surface area (Å²) in [6, 6.07) is 16.0. The fourth-order valence-corrected chi connectivity index (χ4v) is 3.69. The Labute approximate surface area is 156 Å². The molecule has 1 unspecified atom stereocenters. The van der Waals surface area contributed by atoms with Gasteiger partial charge in [-0.3, -0.25) is 9.69 Å². The van der Waals surface area contributed by atoms with E-state index in [9.17, 15) is 4.79 Å². The smallest absolute Gasteiger partial charge is 0.251 e. The van der Waals surface area contributed by atoms with Crippen LogP contribution in [0.5, 0.6) is 5.75 Å². The van der Waals surface area contributed by atoms with Gasteiger partial charge in [-0.15, -0.1) is 0 Å². The normalized spacial score (nSPS) is 16.1. The predicted octanol–water partition coefficient (Wildman–Crippen LogP) is 3.96. The summed E-state index contributed by atoms with van der Waals surface area (Å²) in [7, 11) is 1.71. The lowest BCUT2D eigenvalue weighted by Crippen LogP contribution is -2.40. The standard InChI is InChI=1S/C22H28N2O2/c1-17-9-8-10-18(15-17)22(25)23-16-20(24-13-6-3-7-14-24)19-11-4-5-12-21(19)26-2/h4-5,8-12,15,20H,3,6-7,13-14,16H2,1-2H3,(H,23,25). The molecule has 0 spiro atoms. The monoisotopic (exact) mass is 352 g/mol. The van der Waals surface area contributed by atoms with E-state index in [-0.39, 0.29) is 11.9 Å². The van der Waals surface area contributed by atoms with E-state index in [2.05, 4.69) is 16.3 Å². The molecule has 3 rings (SSSR count). The number of para-hydroxylation sites is 1. The maximum Gasteiger partial charge on any atom is 0.251 e. The number of hydrogen-bond acceptors (Lipinski definition) is 3. The zero-order valence-corrected chi connectivity index (χ0v) is 15.7. The Hall–Kier alpha value is -2.33. The van der Waals surface area contributed by atoms with Crippen molar-refractivity contribution in [2.45, 2.75) is 32.2 Å². The highest BCUT2D eigenvalue weighted by Gasteiger charge is 2.25. The minimum Gasteiger partial charge on any atom is -0.496 e. The van der Waals surface area contributed by atoms with E-state index >= 15 is 0 Å². The molecule has 1 aliphatic rings. The second-order valence-corrected chi connectivity index (χ2v) is 6.93. The largest absolute Gasteiger partial charge is 0.496 e. The number of amides is 1. The van der Waals surface area contributed by atoms with Crippen molar-refractivity contribution in [2.24, 2.45) is 0 Å². The molecule has 0 saturated carbocycles. The molecule has 0 radical (unpaired) electrons. The van der Waals surface area contributed by atoms with Crippen LogP contribution >= 0.6 is 0 Å². The van der Waals surface area contributed by atoms with Gasteiger partial charge in [-0.1, -0.05) is 42.3 Å². The topological polar surface area (TPSA) is 41.6 Å². The number of carbonyl (C=O) groups is 1. The summed E-state index contributed by atoms with van der Waals surface area (Å²) in [6.07, 6.45) is 3.69. The Morgan fingerprint density at radius 1 is 1.12 bits per heavy atom. The van der Waals surface area contributed by atoms with Gasteiger partial charge in [0.15, 0.2) is 0 Å². The van der Waals surface area contributed by atoms with Crippen molar-refractivity contribution in [3.63, 3.8) is 0 Å². The first-order valence-corrected chi connectivity index (χ1v) is 9.41. The van der Waals surface area contributed by atoms with Gasteiger partial charge >= 0.3 is 0 Å². The van der Waals surface area contributed by atoms with Crippen LogP contribution in [-0.2, 0) is 0 Å². The number of likely N-dealkylation sites (tertiary alicyclic amines) is 1. The summed E-state index contributed by atoms with van der Waals surface area (Å²) < 4.78 is 5.58. The molecule has 138 valence electrons. The molecule has 1 N–H and O–H groups in total. The lowest BCUT2D eigenvalue weighted by atomic mass is 10.0. The van der Waals surface area contributed by atoms with Crippen molar-refractivity contribution in [3.05, 3.63) is 65.2 Å². The second kappa shape index (κ2) is 8.86. The SMILES string of the molecule is COc1ccccc1C(CNC(=O)c1cccc(C)c1)N1CCCCC1. The summed E-state index contributed by atoms with van der Waals surface area (Å²) in [5, 5.41) is 3.14. The molecular weight excluding hydrogens is 324 g/mol. The zero-order valence-electron chi connectivity index (χ0n) is 15.7. The molecule has 1 fully saturated rings. The molecule has 26 heavy (non-hydrogen) atoms. The number of piperidine rings is 1. The fraction of sp³-hybridized carbons (Fsp3) is 0.409. The third-order valence-electron chi connectivity index (χ3n) is 5.07. The van der Waals surface area contributed by atoms with E-state index < -0.39 is 0 Å². The van der Waals surface area contributed by atoms with Crippen LogP contribution in [0.1, 0.15) is 46.8 Å². The van der Waals surface area contributed by atoms with Gasteiger partial charge in [0.05, 0.1) is 13.2 Å². The van der Waals surface area contributed by atoms with Gasteiger partial charge in [0.1, 0.15) is 5.75 Å². The average molecular weight is 352 g/mol. The highest BCUT2D eigenvalue weighted by molar-refractivity contribution is 5.94. The number of methoxy groups -OCH3 is 1. The van der Waals surface area contributed by atoms with Crippen molar-refractivity contribution in [1.82, 2.24) is 10.2 Å². The fourth-order valence-electron chi connectivity index (χ4n) is 3.69. The highest BCUT2D eigenvalue weighted by Crippen LogP contribution is 2.30. The molecule has 1 saturated heterocycles. The third kappa shape index (κ3) is 4.44. The number of rotatable bonds is 6. The Kier molecular flexibility index (Phi) is 6.29. The Morgan fingerprint density at radius 3 is 2.62 bits per heavy atom. The van der Waals surface area contributed by atoms with Gasteiger partial charge in [-0.25, -0.2) is 0 Å². The van der Waals surface area contributed by atoms with Gasteiger partial charge in [-0.2, -0.15) is 0 Å². The van der Waals surface area contributed by atoms with Gasteiger partial charge in [0.25, 0.3) is 5.91 Å². The van der Waals surface area contributed by atoms with Gasteiger partial charge in [0, 0.05) is 17.7 Å². The number of aryl methyl sites for hydroxylation is 1. The van der Waals surface area contributed by atoms with Crippen LogP contribution in [0.3, 0.4) is 0 Å². The number of nitrogens with zero attached hydrogens (tertiary/aromatic N) is 1. The first-order chi connectivity index (χ1) is 12.7. The van der Waals surface area contributed by atoms with Gasteiger partial charge in [0.2, 0.25) is 0 Å². The second-order valence-electron chi connectivity index (χ2n) is 6.93. The van der Waals surface area contributed by atoms with Crippen LogP contribution in [0.15, 0.2) is 48.5 Å². The van der Waals surface area contributed by atoms with Crippen LogP contribution in [0.25, 0.3) is 0 Å². The quantitative estimate of drug-likeness (QED) is 0.855. The maximum atomic E-state index is 12.6. The molecule has 1 aliphatic heterocycles. The lowest BCUT2D eigenvalue weighted by molar-refractivity contribution is 0.0923. The van der Waals surface area contributed by atoms with Crippen LogP contribution in [0.4, 0.5) is 0 Å². The number of ether oxygens (including phenoxy) is 1. The van der Waals surface area contributed by atoms with Crippen molar-refractivity contribution < 1.29 is 9.53 Å². The first kappa shape index (κ1) is 18.5. The summed E-state index contributed by atoms with van der Waals surface area (Å²) >= 11 is 0. The predicted molar refractivity (Wildman–Crippen MR) is 105 cm³/mol. The Bertz CT molecular complexity index is 738. The van der Waals surface area contributed by atoms with E-state index in [4.69, 9.17) is 4.74 Å². The van der Waals surface area contributed by atoms with Crippen LogP contribution < -0.4 is 10.1 Å². The number of carbonyl (C=O) groups excluding carboxylic acids is 1. The van der Waals surface area contributed by atoms with Crippen LogP contribution in [0, 0.1) is 6.92 Å². The lowest BCUT2D eigenvalue weighted by Gasteiger charge is -2.35. The van der Waals surface area contributed by atoms with E-state index in [0.29, 0.717) is 12.1 Å². The molecule has 4 nitrogen and oxygen atoms in total. The van der Waals surface area contributed by atoms with Crippen molar-refractivity contribution in [1.29, 1.82) is 0 Å². The zero-order chi connectivity index (χ0) is 18.4. The molecule has 1 atom stereocenters. The summed E-state index contributed by atoms with van der Waals surface area (Å²) in [6.45, 7) is 4.70. The first-order valence-electron chi connectivity index (χ1n) is 9.41. The van der Waals surface area contributed by atoms with Crippen molar-refractivity contribution in [2.75, 3.05) is 26.7 Å². The van der Waals surface area contributed by atoms with E-state index in [1.165, 1.54) is 19.3 Å².